The van der Waals surface area contributed by atoms with Crippen LogP contribution in [0.15, 0.2) is 12.3 Å². The van der Waals surface area contributed by atoms with Crippen LogP contribution in [0.25, 0.3) is 0 Å². The highest BCUT2D eigenvalue weighted by Crippen LogP contribution is 2.03. The molecule has 2 nitrogen and oxygen atoms in total. The number of rotatable bonds is 1. The zero-order chi connectivity index (χ0) is 6.85. The van der Waals surface area contributed by atoms with E-state index < -0.39 is 0 Å². The van der Waals surface area contributed by atoms with Crippen molar-refractivity contribution in [3.63, 3.8) is 0 Å². The van der Waals surface area contributed by atoms with Crippen molar-refractivity contribution in [3.05, 3.63) is 23.5 Å². The van der Waals surface area contributed by atoms with Crippen molar-refractivity contribution in [1.82, 2.24) is 4.57 Å². The third-order valence-electron chi connectivity index (χ3n) is 1.45. The topological polar surface area (TPSA) is 30.9 Å². The molecule has 0 unspecified atom stereocenters. The molecule has 50 valence electrons. The SMILES string of the molecule is Cc1cc(CN)n(C)c1. The van der Waals surface area contributed by atoms with Gasteiger partial charge in [0.05, 0.1) is 0 Å². The molecule has 0 aliphatic rings. The number of nitrogens with zero attached hydrogens (tertiary/aromatic N) is 1. The zero-order valence-electron chi connectivity index (χ0n) is 5.89. The molecule has 0 saturated carbocycles. The molecule has 1 aromatic rings. The first-order chi connectivity index (χ1) is 4.24. The predicted octanol–water partition coefficient (Wildman–Crippen LogP) is 0.792. The van der Waals surface area contributed by atoms with Gasteiger partial charge in [-0.2, -0.15) is 0 Å². The molecule has 0 spiro atoms. The minimum Gasteiger partial charge on any atom is -0.353 e. The predicted molar refractivity (Wildman–Crippen MR) is 38.0 cm³/mol. The number of aryl methyl sites for hydroxylation is 2. The van der Waals surface area contributed by atoms with Gasteiger partial charge in [-0.3, -0.25) is 0 Å². The molecule has 0 aromatic carbocycles. The van der Waals surface area contributed by atoms with E-state index in [-0.39, 0.29) is 0 Å². The minimum atomic E-state index is 0.629. The van der Waals surface area contributed by atoms with Gasteiger partial charge in [-0.1, -0.05) is 0 Å². The van der Waals surface area contributed by atoms with Crippen molar-refractivity contribution >= 4 is 0 Å². The van der Waals surface area contributed by atoms with E-state index in [2.05, 4.69) is 23.8 Å². The molecule has 1 aromatic heterocycles. The fraction of sp³-hybridized carbons (Fsp3) is 0.429. The summed E-state index contributed by atoms with van der Waals surface area (Å²) in [6.45, 7) is 2.70. The Balaban J connectivity index is 3.01. The number of hydrogen-bond acceptors (Lipinski definition) is 1. The molecule has 0 aliphatic heterocycles. The summed E-state index contributed by atoms with van der Waals surface area (Å²) in [6.07, 6.45) is 2.07. The Bertz CT molecular complexity index is 201. The maximum Gasteiger partial charge on any atom is 0.0334 e. The lowest BCUT2D eigenvalue weighted by atomic mass is 10.3. The van der Waals surface area contributed by atoms with E-state index in [0.29, 0.717) is 6.54 Å². The maximum absolute atomic E-state index is 5.44. The highest BCUT2D eigenvalue weighted by Gasteiger charge is 1.94. The van der Waals surface area contributed by atoms with Gasteiger partial charge in [-0.25, -0.2) is 0 Å². The van der Waals surface area contributed by atoms with Gasteiger partial charge < -0.3 is 10.3 Å². The van der Waals surface area contributed by atoms with Crippen molar-refractivity contribution in [1.29, 1.82) is 0 Å². The minimum absolute atomic E-state index is 0.629. The normalized spacial score (nSPS) is 10.1. The maximum atomic E-state index is 5.44. The Hall–Kier alpha value is -0.760. The lowest BCUT2D eigenvalue weighted by Gasteiger charge is -1.95. The number of aromatic nitrogens is 1. The molecular weight excluding hydrogens is 112 g/mol. The fourth-order valence-electron chi connectivity index (χ4n) is 0.993. The van der Waals surface area contributed by atoms with Crippen LogP contribution >= 0.6 is 0 Å². The summed E-state index contributed by atoms with van der Waals surface area (Å²) in [7, 11) is 2.01. The van der Waals surface area contributed by atoms with Gasteiger partial charge >= 0.3 is 0 Å². The van der Waals surface area contributed by atoms with Gasteiger partial charge in [0, 0.05) is 25.5 Å². The molecule has 1 heterocycles. The molecule has 0 radical (unpaired) electrons. The smallest absolute Gasteiger partial charge is 0.0334 e. The summed E-state index contributed by atoms with van der Waals surface area (Å²) in [6, 6.07) is 2.10. The average Bonchev–Trinajstić information content (AvgIpc) is 2.10. The Morgan fingerprint density at radius 1 is 1.67 bits per heavy atom. The van der Waals surface area contributed by atoms with Crippen LogP contribution in [0.5, 0.6) is 0 Å². The largest absolute Gasteiger partial charge is 0.353 e. The molecule has 0 aliphatic carbocycles. The van der Waals surface area contributed by atoms with E-state index in [1.807, 2.05) is 7.05 Å². The molecule has 9 heavy (non-hydrogen) atoms. The van der Waals surface area contributed by atoms with Gasteiger partial charge in [0.1, 0.15) is 0 Å². The van der Waals surface area contributed by atoms with Crippen molar-refractivity contribution < 1.29 is 0 Å². The second-order valence-corrected chi connectivity index (χ2v) is 2.32. The van der Waals surface area contributed by atoms with Crippen LogP contribution in [0.4, 0.5) is 0 Å². The van der Waals surface area contributed by atoms with Crippen molar-refractivity contribution in [3.8, 4) is 0 Å². The molecule has 0 saturated heterocycles. The Labute approximate surface area is 55.3 Å². The highest BCUT2D eigenvalue weighted by atomic mass is 14.9. The molecule has 2 N–H and O–H groups in total. The van der Waals surface area contributed by atoms with E-state index in [1.165, 1.54) is 11.3 Å². The summed E-state index contributed by atoms with van der Waals surface area (Å²) in [5.41, 5.74) is 7.91. The second-order valence-electron chi connectivity index (χ2n) is 2.32. The van der Waals surface area contributed by atoms with E-state index in [4.69, 9.17) is 5.73 Å². The Morgan fingerprint density at radius 3 is 2.56 bits per heavy atom. The van der Waals surface area contributed by atoms with Gasteiger partial charge in [0.2, 0.25) is 0 Å². The van der Waals surface area contributed by atoms with Crippen LogP contribution in [0, 0.1) is 6.92 Å². The van der Waals surface area contributed by atoms with Gasteiger partial charge in [0.25, 0.3) is 0 Å². The third-order valence-corrected chi connectivity index (χ3v) is 1.45. The molecular formula is C7H12N2. The molecule has 2 heteroatoms. The van der Waals surface area contributed by atoms with Crippen LogP contribution in [0.2, 0.25) is 0 Å². The van der Waals surface area contributed by atoms with E-state index >= 15 is 0 Å². The van der Waals surface area contributed by atoms with E-state index in [9.17, 15) is 0 Å². The van der Waals surface area contributed by atoms with Crippen molar-refractivity contribution in [2.45, 2.75) is 13.5 Å². The standard InChI is InChI=1S/C7H12N2/c1-6-3-7(4-8)9(2)5-6/h3,5H,4,8H2,1-2H3. The second kappa shape index (κ2) is 2.23. The van der Waals surface area contributed by atoms with Gasteiger partial charge in [-0.15, -0.1) is 0 Å². The lowest BCUT2D eigenvalue weighted by Crippen LogP contribution is -2.01. The Morgan fingerprint density at radius 2 is 2.33 bits per heavy atom. The molecule has 0 atom stereocenters. The molecule has 1 rings (SSSR count). The van der Waals surface area contributed by atoms with Crippen molar-refractivity contribution in [2.24, 2.45) is 12.8 Å². The van der Waals surface area contributed by atoms with Gasteiger partial charge in [0.15, 0.2) is 0 Å². The molecule has 0 fully saturated rings. The first-order valence-electron chi connectivity index (χ1n) is 3.06. The molecule has 0 bridgehead atoms. The zero-order valence-corrected chi connectivity index (χ0v) is 5.89. The van der Waals surface area contributed by atoms with Crippen LogP contribution in [-0.2, 0) is 13.6 Å². The summed E-state index contributed by atoms with van der Waals surface area (Å²) >= 11 is 0. The van der Waals surface area contributed by atoms with E-state index in [1.54, 1.807) is 0 Å². The lowest BCUT2D eigenvalue weighted by molar-refractivity contribution is 0.823. The van der Waals surface area contributed by atoms with Crippen LogP contribution in [0.1, 0.15) is 11.3 Å². The van der Waals surface area contributed by atoms with E-state index in [0.717, 1.165) is 0 Å². The number of hydrogen-bond donors (Lipinski definition) is 1. The number of nitrogens with two attached hydrogens (primary N) is 1. The van der Waals surface area contributed by atoms with Crippen LogP contribution in [-0.4, -0.2) is 4.57 Å². The first kappa shape index (κ1) is 6.36. The first-order valence-corrected chi connectivity index (χ1v) is 3.06. The average molecular weight is 124 g/mol. The third kappa shape index (κ3) is 1.13. The Kier molecular flexibility index (Phi) is 1.58. The van der Waals surface area contributed by atoms with Gasteiger partial charge in [-0.05, 0) is 18.6 Å². The van der Waals surface area contributed by atoms with Crippen LogP contribution in [0.3, 0.4) is 0 Å². The summed E-state index contributed by atoms with van der Waals surface area (Å²) in [5, 5.41) is 0. The fourth-order valence-corrected chi connectivity index (χ4v) is 0.993. The summed E-state index contributed by atoms with van der Waals surface area (Å²) in [5.74, 6) is 0. The summed E-state index contributed by atoms with van der Waals surface area (Å²) in [4.78, 5) is 0. The van der Waals surface area contributed by atoms with Crippen LogP contribution < -0.4 is 5.73 Å². The monoisotopic (exact) mass is 124 g/mol. The quantitative estimate of drug-likeness (QED) is 0.589. The molecule has 0 amide bonds. The highest BCUT2D eigenvalue weighted by molar-refractivity contribution is 5.16. The summed E-state index contributed by atoms with van der Waals surface area (Å²) < 4.78 is 2.05. The van der Waals surface area contributed by atoms with Crippen molar-refractivity contribution in [2.75, 3.05) is 0 Å².